The molecule has 0 unspecified atom stereocenters. The molecule has 0 aromatic heterocycles. The lowest BCUT2D eigenvalue weighted by molar-refractivity contribution is -0.145. The maximum atomic E-state index is 11.7. The summed E-state index contributed by atoms with van der Waals surface area (Å²) < 4.78 is 5.44. The predicted molar refractivity (Wildman–Crippen MR) is 84.6 cm³/mol. The Kier molecular flexibility index (Phi) is 8.97. The van der Waals surface area contributed by atoms with Crippen molar-refractivity contribution in [3.63, 3.8) is 0 Å². The predicted octanol–water partition coefficient (Wildman–Crippen LogP) is 5.35. The maximum absolute atomic E-state index is 11.7. The Balaban J connectivity index is 2.01. The van der Waals surface area contributed by atoms with Crippen LogP contribution in [0.15, 0.2) is 0 Å². The molecule has 1 fully saturated rings. The molecule has 1 aliphatic carbocycles. The fourth-order valence-corrected chi connectivity index (χ4v) is 3.18. The largest absolute Gasteiger partial charge is 0.465 e. The van der Waals surface area contributed by atoms with Gasteiger partial charge in [0.05, 0.1) is 6.61 Å². The van der Waals surface area contributed by atoms with Crippen LogP contribution in [0.25, 0.3) is 0 Å². The molecule has 0 heterocycles. The quantitative estimate of drug-likeness (QED) is 0.421. The summed E-state index contributed by atoms with van der Waals surface area (Å²) in [4.78, 5) is 11.7. The summed E-state index contributed by atoms with van der Waals surface area (Å²) in [5.74, 6) is 2.34. The van der Waals surface area contributed by atoms with E-state index in [2.05, 4.69) is 20.8 Å². The maximum Gasteiger partial charge on any atom is 0.305 e. The minimum Gasteiger partial charge on any atom is -0.465 e. The molecule has 2 nitrogen and oxygen atoms in total. The number of unbranched alkanes of at least 4 members (excludes halogenated alkanes) is 4. The Hall–Kier alpha value is -0.530. The molecule has 0 atom stereocenters. The molecule has 0 N–H and O–H groups in total. The van der Waals surface area contributed by atoms with Crippen molar-refractivity contribution in [3.05, 3.63) is 0 Å². The fraction of sp³-hybridized carbons (Fsp3) is 0.944. The van der Waals surface area contributed by atoms with E-state index in [-0.39, 0.29) is 5.97 Å². The van der Waals surface area contributed by atoms with E-state index in [1.807, 2.05) is 0 Å². The molecule has 0 aromatic rings. The molecule has 1 aliphatic rings. The minimum absolute atomic E-state index is 0.0208. The van der Waals surface area contributed by atoms with Crippen LogP contribution in [0.2, 0.25) is 0 Å². The highest BCUT2D eigenvalue weighted by molar-refractivity contribution is 5.69. The van der Waals surface area contributed by atoms with Gasteiger partial charge in [0.1, 0.15) is 0 Å². The second-order valence-corrected chi connectivity index (χ2v) is 6.87. The molecule has 0 radical (unpaired) electrons. The van der Waals surface area contributed by atoms with Crippen LogP contribution in [-0.4, -0.2) is 12.6 Å². The number of hydrogen-bond donors (Lipinski definition) is 0. The normalized spacial score (nSPS) is 23.0. The molecule has 2 heteroatoms. The van der Waals surface area contributed by atoms with Crippen molar-refractivity contribution in [2.24, 2.45) is 17.8 Å². The van der Waals surface area contributed by atoms with Gasteiger partial charge < -0.3 is 4.74 Å². The third-order valence-corrected chi connectivity index (χ3v) is 4.80. The van der Waals surface area contributed by atoms with Crippen molar-refractivity contribution in [2.45, 2.75) is 85.0 Å². The number of hydrogen-bond acceptors (Lipinski definition) is 2. The smallest absolute Gasteiger partial charge is 0.305 e. The van der Waals surface area contributed by atoms with Crippen LogP contribution in [-0.2, 0) is 9.53 Å². The zero-order chi connectivity index (χ0) is 14.8. The first kappa shape index (κ1) is 17.5. The zero-order valence-corrected chi connectivity index (χ0v) is 13.8. The topological polar surface area (TPSA) is 26.3 Å². The van der Waals surface area contributed by atoms with Crippen molar-refractivity contribution >= 4 is 5.97 Å². The van der Waals surface area contributed by atoms with Crippen molar-refractivity contribution in [2.75, 3.05) is 6.61 Å². The second kappa shape index (κ2) is 10.2. The molecule has 0 amide bonds. The van der Waals surface area contributed by atoms with Gasteiger partial charge in [-0.25, -0.2) is 0 Å². The van der Waals surface area contributed by atoms with Gasteiger partial charge in [-0.05, 0) is 49.9 Å². The fourth-order valence-electron chi connectivity index (χ4n) is 3.18. The second-order valence-electron chi connectivity index (χ2n) is 6.87. The Morgan fingerprint density at radius 2 is 1.70 bits per heavy atom. The molecule has 0 saturated heterocycles. The first-order valence-electron chi connectivity index (χ1n) is 8.79. The Bertz CT molecular complexity index is 252. The minimum atomic E-state index is 0.0208. The summed E-state index contributed by atoms with van der Waals surface area (Å²) in [6, 6.07) is 0. The standard InChI is InChI=1S/C18H34O2/c1-4-5-6-7-8-9-18(19)20-14-16-10-12-17(13-11-16)15(2)3/h15-17H,4-14H2,1-3H3. The van der Waals surface area contributed by atoms with Gasteiger partial charge in [-0.3, -0.25) is 4.79 Å². The molecule has 1 saturated carbocycles. The van der Waals surface area contributed by atoms with Crippen LogP contribution in [0, 0.1) is 17.8 Å². The third-order valence-electron chi connectivity index (χ3n) is 4.80. The molecular formula is C18H34O2. The van der Waals surface area contributed by atoms with E-state index in [1.54, 1.807) is 0 Å². The van der Waals surface area contributed by atoms with Crippen LogP contribution in [0.3, 0.4) is 0 Å². The summed E-state index contributed by atoms with van der Waals surface area (Å²) in [6.45, 7) is 7.52. The van der Waals surface area contributed by atoms with Crippen LogP contribution < -0.4 is 0 Å². The van der Waals surface area contributed by atoms with Crippen LogP contribution in [0.4, 0.5) is 0 Å². The van der Waals surface area contributed by atoms with Gasteiger partial charge in [-0.15, -0.1) is 0 Å². The van der Waals surface area contributed by atoms with Gasteiger partial charge in [-0.1, -0.05) is 46.5 Å². The summed E-state index contributed by atoms with van der Waals surface area (Å²) in [6.07, 6.45) is 11.7. The first-order valence-corrected chi connectivity index (χ1v) is 8.79. The number of esters is 1. The van der Waals surface area contributed by atoms with Crippen molar-refractivity contribution in [1.82, 2.24) is 0 Å². The lowest BCUT2D eigenvalue weighted by atomic mass is 9.77. The van der Waals surface area contributed by atoms with E-state index < -0.39 is 0 Å². The lowest BCUT2D eigenvalue weighted by Gasteiger charge is -2.30. The SMILES string of the molecule is CCCCCCCC(=O)OCC1CCC(C(C)C)CC1. The van der Waals surface area contributed by atoms with E-state index in [0.717, 1.165) is 18.3 Å². The zero-order valence-electron chi connectivity index (χ0n) is 13.8. The highest BCUT2D eigenvalue weighted by Crippen LogP contribution is 2.33. The number of carbonyl (C=O) groups excluding carboxylic acids is 1. The number of rotatable bonds is 9. The Morgan fingerprint density at radius 1 is 1.05 bits per heavy atom. The van der Waals surface area contributed by atoms with E-state index >= 15 is 0 Å². The molecule has 20 heavy (non-hydrogen) atoms. The lowest BCUT2D eigenvalue weighted by Crippen LogP contribution is -2.22. The molecule has 0 aromatic carbocycles. The summed E-state index contributed by atoms with van der Waals surface area (Å²) >= 11 is 0. The highest BCUT2D eigenvalue weighted by Gasteiger charge is 2.23. The van der Waals surface area contributed by atoms with Crippen LogP contribution in [0.1, 0.15) is 85.0 Å². The third kappa shape index (κ3) is 7.31. The van der Waals surface area contributed by atoms with Crippen LogP contribution >= 0.6 is 0 Å². The van der Waals surface area contributed by atoms with Gasteiger partial charge in [0.25, 0.3) is 0 Å². The van der Waals surface area contributed by atoms with Gasteiger partial charge in [-0.2, -0.15) is 0 Å². The van der Waals surface area contributed by atoms with Crippen molar-refractivity contribution < 1.29 is 9.53 Å². The first-order chi connectivity index (χ1) is 9.63. The van der Waals surface area contributed by atoms with Crippen molar-refractivity contribution in [3.8, 4) is 0 Å². The Morgan fingerprint density at radius 3 is 2.30 bits per heavy atom. The number of ether oxygens (including phenoxy) is 1. The van der Waals surface area contributed by atoms with E-state index in [1.165, 1.54) is 51.4 Å². The summed E-state index contributed by atoms with van der Waals surface area (Å²) in [5.41, 5.74) is 0. The summed E-state index contributed by atoms with van der Waals surface area (Å²) in [7, 11) is 0. The monoisotopic (exact) mass is 282 g/mol. The van der Waals surface area contributed by atoms with Gasteiger partial charge in [0.15, 0.2) is 0 Å². The number of carbonyl (C=O) groups is 1. The summed E-state index contributed by atoms with van der Waals surface area (Å²) in [5, 5.41) is 0. The molecule has 0 spiro atoms. The molecular weight excluding hydrogens is 248 g/mol. The highest BCUT2D eigenvalue weighted by atomic mass is 16.5. The van der Waals surface area contributed by atoms with E-state index in [4.69, 9.17) is 4.74 Å². The molecule has 118 valence electrons. The van der Waals surface area contributed by atoms with E-state index in [9.17, 15) is 4.79 Å². The van der Waals surface area contributed by atoms with Gasteiger partial charge in [0, 0.05) is 6.42 Å². The average molecular weight is 282 g/mol. The van der Waals surface area contributed by atoms with Gasteiger partial charge >= 0.3 is 5.97 Å². The van der Waals surface area contributed by atoms with Crippen LogP contribution in [0.5, 0.6) is 0 Å². The Labute approximate surface area is 125 Å². The van der Waals surface area contributed by atoms with Crippen molar-refractivity contribution in [1.29, 1.82) is 0 Å². The molecule has 0 bridgehead atoms. The van der Waals surface area contributed by atoms with Gasteiger partial charge in [0.2, 0.25) is 0 Å². The molecule has 0 aliphatic heterocycles. The molecule has 1 rings (SSSR count). The van der Waals surface area contributed by atoms with E-state index in [0.29, 0.717) is 18.9 Å². The average Bonchev–Trinajstić information content (AvgIpc) is 2.45.